The van der Waals surface area contributed by atoms with Crippen molar-refractivity contribution in [3.8, 4) is 28.4 Å². The third-order valence-electron chi connectivity index (χ3n) is 3.80. The van der Waals surface area contributed by atoms with E-state index in [1.165, 1.54) is 0 Å². The summed E-state index contributed by atoms with van der Waals surface area (Å²) < 4.78 is 5.06. The number of carbonyl (C=O) groups excluding carboxylic acids is 1. The molecule has 0 radical (unpaired) electrons. The largest absolute Gasteiger partial charge is 0.481 e. The summed E-state index contributed by atoms with van der Waals surface area (Å²) in [6.07, 6.45) is 1.61. The SMILES string of the molecule is COc1ccc(-c2nc(N)nc3c2C(=O)c2ccccc2-3)cn1. The molecule has 0 fully saturated rings. The van der Waals surface area contributed by atoms with E-state index in [-0.39, 0.29) is 11.7 Å². The number of pyridine rings is 1. The Hall–Kier alpha value is -3.28. The lowest BCUT2D eigenvalue weighted by atomic mass is 10.0. The van der Waals surface area contributed by atoms with Crippen LogP contribution >= 0.6 is 0 Å². The van der Waals surface area contributed by atoms with Crippen LogP contribution in [-0.4, -0.2) is 27.8 Å². The van der Waals surface area contributed by atoms with Gasteiger partial charge in [-0.2, -0.15) is 0 Å². The van der Waals surface area contributed by atoms with Crippen LogP contribution in [0.15, 0.2) is 42.6 Å². The molecule has 6 nitrogen and oxygen atoms in total. The molecule has 0 saturated heterocycles. The van der Waals surface area contributed by atoms with Crippen LogP contribution in [-0.2, 0) is 0 Å². The maximum Gasteiger partial charge on any atom is 0.221 e. The molecule has 0 bridgehead atoms. The van der Waals surface area contributed by atoms with Crippen LogP contribution in [0.4, 0.5) is 5.95 Å². The van der Waals surface area contributed by atoms with Gasteiger partial charge in [0.05, 0.1) is 24.1 Å². The Balaban J connectivity index is 1.97. The summed E-state index contributed by atoms with van der Waals surface area (Å²) in [6, 6.07) is 10.9. The molecule has 0 amide bonds. The zero-order chi connectivity index (χ0) is 16.0. The minimum atomic E-state index is -0.0959. The maximum absolute atomic E-state index is 12.8. The standard InChI is InChI=1S/C17H12N4O2/c1-23-12-7-6-9(8-19-12)14-13-15(21-17(18)20-14)10-4-2-3-5-11(10)16(13)22/h2-8H,1H3,(H2,18,20,21). The van der Waals surface area contributed by atoms with Crippen LogP contribution in [0.5, 0.6) is 5.88 Å². The molecule has 2 aromatic heterocycles. The van der Waals surface area contributed by atoms with Crippen molar-refractivity contribution in [2.24, 2.45) is 0 Å². The molecule has 1 aliphatic carbocycles. The molecule has 23 heavy (non-hydrogen) atoms. The number of hydrogen-bond acceptors (Lipinski definition) is 6. The van der Waals surface area contributed by atoms with Crippen LogP contribution in [0.3, 0.4) is 0 Å². The Morgan fingerprint density at radius 2 is 1.74 bits per heavy atom. The quantitative estimate of drug-likeness (QED) is 0.611. The lowest BCUT2D eigenvalue weighted by molar-refractivity contribution is 0.104. The first kappa shape index (κ1) is 13.4. The summed E-state index contributed by atoms with van der Waals surface area (Å²) in [4.78, 5) is 25.5. The summed E-state index contributed by atoms with van der Waals surface area (Å²) in [5.74, 6) is 0.516. The normalized spacial score (nSPS) is 12.0. The average Bonchev–Trinajstić information content (AvgIpc) is 2.87. The van der Waals surface area contributed by atoms with Gasteiger partial charge in [-0.05, 0) is 6.07 Å². The average molecular weight is 304 g/mol. The van der Waals surface area contributed by atoms with Gasteiger partial charge in [0.25, 0.3) is 0 Å². The van der Waals surface area contributed by atoms with Crippen LogP contribution in [0.1, 0.15) is 15.9 Å². The van der Waals surface area contributed by atoms with Gasteiger partial charge >= 0.3 is 0 Å². The van der Waals surface area contributed by atoms with Gasteiger partial charge < -0.3 is 10.5 Å². The predicted molar refractivity (Wildman–Crippen MR) is 85.1 cm³/mol. The molecule has 112 valence electrons. The monoisotopic (exact) mass is 304 g/mol. The topological polar surface area (TPSA) is 91.0 Å². The fourth-order valence-corrected chi connectivity index (χ4v) is 2.76. The number of nitrogens with zero attached hydrogens (tertiary/aromatic N) is 3. The Kier molecular flexibility index (Phi) is 2.84. The zero-order valence-electron chi connectivity index (χ0n) is 12.3. The van der Waals surface area contributed by atoms with Crippen molar-refractivity contribution in [3.05, 3.63) is 53.7 Å². The maximum atomic E-state index is 12.8. The van der Waals surface area contributed by atoms with Crippen molar-refractivity contribution < 1.29 is 9.53 Å². The molecule has 2 N–H and O–H groups in total. The molecular formula is C17H12N4O2. The Morgan fingerprint density at radius 1 is 1.00 bits per heavy atom. The zero-order valence-corrected chi connectivity index (χ0v) is 12.3. The Morgan fingerprint density at radius 3 is 2.43 bits per heavy atom. The number of hydrogen-bond donors (Lipinski definition) is 1. The fourth-order valence-electron chi connectivity index (χ4n) is 2.76. The summed E-state index contributed by atoms with van der Waals surface area (Å²) >= 11 is 0. The van der Waals surface area contributed by atoms with Crippen molar-refractivity contribution in [2.75, 3.05) is 12.8 Å². The molecule has 1 aromatic carbocycles. The molecule has 0 atom stereocenters. The van der Waals surface area contributed by atoms with Gasteiger partial charge in [0, 0.05) is 29.0 Å². The van der Waals surface area contributed by atoms with Crippen LogP contribution in [0.25, 0.3) is 22.5 Å². The lowest BCUT2D eigenvalue weighted by Gasteiger charge is -2.08. The predicted octanol–water partition coefficient (Wildman–Crippen LogP) is 2.34. The number of ketones is 1. The second-order valence-corrected chi connectivity index (χ2v) is 5.12. The van der Waals surface area contributed by atoms with E-state index in [9.17, 15) is 4.79 Å². The lowest BCUT2D eigenvalue weighted by Crippen LogP contribution is -2.05. The van der Waals surface area contributed by atoms with Crippen molar-refractivity contribution >= 4 is 11.7 Å². The van der Waals surface area contributed by atoms with E-state index in [4.69, 9.17) is 10.5 Å². The number of carbonyl (C=O) groups is 1. The smallest absolute Gasteiger partial charge is 0.221 e. The Bertz CT molecular complexity index is 936. The Labute approximate surface area is 132 Å². The highest BCUT2D eigenvalue weighted by molar-refractivity contribution is 6.23. The van der Waals surface area contributed by atoms with Crippen molar-refractivity contribution in [2.45, 2.75) is 0 Å². The number of nitrogens with two attached hydrogens (primary N) is 1. The number of fused-ring (bicyclic) bond motifs is 3. The van der Waals surface area contributed by atoms with E-state index in [0.717, 1.165) is 5.56 Å². The first-order chi connectivity index (χ1) is 11.2. The van der Waals surface area contributed by atoms with E-state index in [1.807, 2.05) is 18.2 Å². The number of aromatic nitrogens is 3. The number of ether oxygens (including phenoxy) is 1. The summed E-state index contributed by atoms with van der Waals surface area (Å²) in [7, 11) is 1.54. The van der Waals surface area contributed by atoms with Gasteiger partial charge in [-0.25, -0.2) is 15.0 Å². The molecular weight excluding hydrogens is 292 g/mol. The highest BCUT2D eigenvalue weighted by Crippen LogP contribution is 2.39. The van der Waals surface area contributed by atoms with Gasteiger partial charge in [-0.3, -0.25) is 4.79 Å². The second kappa shape index (κ2) is 4.88. The molecule has 0 saturated carbocycles. The summed E-state index contributed by atoms with van der Waals surface area (Å²) in [5.41, 5.74) is 9.47. The molecule has 6 heteroatoms. The number of methoxy groups -OCH3 is 1. The molecule has 2 heterocycles. The van der Waals surface area contributed by atoms with E-state index in [2.05, 4.69) is 15.0 Å². The minimum absolute atomic E-state index is 0.0959. The van der Waals surface area contributed by atoms with E-state index in [0.29, 0.717) is 34.0 Å². The molecule has 1 aliphatic rings. The molecule has 0 aliphatic heterocycles. The number of anilines is 1. The number of nitrogen functional groups attached to an aromatic ring is 1. The molecule has 0 unspecified atom stereocenters. The van der Waals surface area contributed by atoms with Gasteiger partial charge in [0.1, 0.15) is 0 Å². The van der Waals surface area contributed by atoms with Gasteiger partial charge in [-0.1, -0.05) is 24.3 Å². The first-order valence-corrected chi connectivity index (χ1v) is 7.01. The summed E-state index contributed by atoms with van der Waals surface area (Å²) in [5, 5.41) is 0. The molecule has 4 rings (SSSR count). The highest BCUT2D eigenvalue weighted by atomic mass is 16.5. The summed E-state index contributed by atoms with van der Waals surface area (Å²) in [6.45, 7) is 0. The van der Waals surface area contributed by atoms with E-state index < -0.39 is 0 Å². The van der Waals surface area contributed by atoms with Crippen LogP contribution in [0.2, 0.25) is 0 Å². The van der Waals surface area contributed by atoms with Crippen molar-refractivity contribution in [1.82, 2.24) is 15.0 Å². The second-order valence-electron chi connectivity index (χ2n) is 5.12. The third kappa shape index (κ3) is 1.96. The molecule has 3 aromatic rings. The first-order valence-electron chi connectivity index (χ1n) is 7.01. The van der Waals surface area contributed by atoms with Gasteiger partial charge in [0.15, 0.2) is 5.78 Å². The van der Waals surface area contributed by atoms with E-state index >= 15 is 0 Å². The fraction of sp³-hybridized carbons (Fsp3) is 0.0588. The number of rotatable bonds is 2. The number of benzene rings is 1. The van der Waals surface area contributed by atoms with Crippen molar-refractivity contribution in [3.63, 3.8) is 0 Å². The highest BCUT2D eigenvalue weighted by Gasteiger charge is 2.32. The van der Waals surface area contributed by atoms with E-state index in [1.54, 1.807) is 31.5 Å². The van der Waals surface area contributed by atoms with Gasteiger partial charge in [0.2, 0.25) is 11.8 Å². The van der Waals surface area contributed by atoms with Crippen LogP contribution in [0, 0.1) is 0 Å². The minimum Gasteiger partial charge on any atom is -0.481 e. The third-order valence-corrected chi connectivity index (χ3v) is 3.80. The van der Waals surface area contributed by atoms with Gasteiger partial charge in [-0.15, -0.1) is 0 Å². The molecule has 0 spiro atoms. The van der Waals surface area contributed by atoms with Crippen LogP contribution < -0.4 is 10.5 Å². The van der Waals surface area contributed by atoms with Crippen molar-refractivity contribution in [1.29, 1.82) is 0 Å².